The number of hydrogen-bond acceptors (Lipinski definition) is 2. The molecule has 1 rings (SSSR count). The number of hydrogen-bond donors (Lipinski definition) is 2. The van der Waals surface area contributed by atoms with E-state index in [1.54, 1.807) is 0 Å². The lowest BCUT2D eigenvalue weighted by Gasteiger charge is -2.08. The molecular weight excluding hydrogens is 216 g/mol. The van der Waals surface area contributed by atoms with E-state index in [9.17, 15) is 13.6 Å². The van der Waals surface area contributed by atoms with Crippen molar-refractivity contribution in [3.05, 3.63) is 35.4 Å². The highest BCUT2D eigenvalue weighted by molar-refractivity contribution is 5.78. The highest BCUT2D eigenvalue weighted by atomic mass is 19.1. The number of nitrogens with one attached hydrogen (secondary N) is 1. The van der Waals surface area contributed by atoms with Crippen molar-refractivity contribution in [2.24, 2.45) is 0 Å². The molecule has 0 aliphatic carbocycles. The second kappa shape index (κ2) is 5.55. The molecule has 16 heavy (non-hydrogen) atoms. The van der Waals surface area contributed by atoms with Crippen LogP contribution in [0.25, 0.3) is 0 Å². The summed E-state index contributed by atoms with van der Waals surface area (Å²) in [7, 11) is 0. The molecular formula is C11H13F2NO2. The zero-order chi connectivity index (χ0) is 12.1. The summed E-state index contributed by atoms with van der Waals surface area (Å²) in [5.74, 6) is -2.01. The largest absolute Gasteiger partial charge is 0.392 e. The molecule has 88 valence electrons. The Morgan fingerprint density at radius 3 is 2.50 bits per heavy atom. The molecule has 0 saturated heterocycles. The monoisotopic (exact) mass is 229 g/mol. The molecule has 0 fully saturated rings. The van der Waals surface area contributed by atoms with Gasteiger partial charge in [-0.25, -0.2) is 8.78 Å². The van der Waals surface area contributed by atoms with Crippen molar-refractivity contribution in [2.45, 2.75) is 19.4 Å². The Kier molecular flexibility index (Phi) is 4.37. The van der Waals surface area contributed by atoms with Crippen LogP contribution >= 0.6 is 0 Å². The highest BCUT2D eigenvalue weighted by Gasteiger charge is 2.12. The molecule has 1 amide bonds. The van der Waals surface area contributed by atoms with E-state index < -0.39 is 23.6 Å². The van der Waals surface area contributed by atoms with Gasteiger partial charge in [0.1, 0.15) is 11.6 Å². The average Bonchev–Trinajstić information content (AvgIpc) is 2.21. The summed E-state index contributed by atoms with van der Waals surface area (Å²) in [6.07, 6.45) is -1.06. The highest BCUT2D eigenvalue weighted by Crippen LogP contribution is 2.12. The molecule has 0 bridgehead atoms. The number of halogens is 2. The summed E-state index contributed by atoms with van der Waals surface area (Å²) in [5.41, 5.74) is -0.259. The molecule has 3 nitrogen and oxygen atoms in total. The van der Waals surface area contributed by atoms with E-state index in [1.807, 2.05) is 0 Å². The van der Waals surface area contributed by atoms with Crippen LogP contribution in [-0.2, 0) is 11.2 Å². The first-order chi connectivity index (χ1) is 7.50. The van der Waals surface area contributed by atoms with Crippen molar-refractivity contribution in [1.82, 2.24) is 5.32 Å². The summed E-state index contributed by atoms with van der Waals surface area (Å²) in [6, 6.07) is 3.43. The zero-order valence-corrected chi connectivity index (χ0v) is 8.84. The number of aliphatic hydroxyl groups excluding tert-OH is 1. The molecule has 5 heteroatoms. The van der Waals surface area contributed by atoms with Gasteiger partial charge < -0.3 is 10.4 Å². The lowest BCUT2D eigenvalue weighted by Crippen LogP contribution is -2.32. The van der Waals surface area contributed by atoms with Gasteiger partial charge in [-0.1, -0.05) is 6.07 Å². The van der Waals surface area contributed by atoms with E-state index in [0.717, 1.165) is 12.1 Å². The summed E-state index contributed by atoms with van der Waals surface area (Å²) < 4.78 is 26.3. The molecule has 2 N–H and O–H groups in total. The Bertz CT molecular complexity index is 360. The van der Waals surface area contributed by atoms with Gasteiger partial charge in [0.25, 0.3) is 0 Å². The van der Waals surface area contributed by atoms with Gasteiger partial charge in [-0.15, -0.1) is 0 Å². The van der Waals surface area contributed by atoms with Crippen LogP contribution in [0.1, 0.15) is 12.5 Å². The fourth-order valence-corrected chi connectivity index (χ4v) is 1.19. The summed E-state index contributed by atoms with van der Waals surface area (Å²) in [6.45, 7) is 1.57. The minimum atomic E-state index is -0.743. The Balaban J connectivity index is 2.63. The Morgan fingerprint density at radius 2 is 2.00 bits per heavy atom. The van der Waals surface area contributed by atoms with Gasteiger partial charge >= 0.3 is 0 Å². The lowest BCUT2D eigenvalue weighted by molar-refractivity contribution is -0.120. The molecule has 0 aliphatic heterocycles. The van der Waals surface area contributed by atoms with E-state index >= 15 is 0 Å². The van der Waals surface area contributed by atoms with Gasteiger partial charge in [-0.05, 0) is 19.1 Å². The number of aliphatic hydroxyl groups is 1. The van der Waals surface area contributed by atoms with Crippen LogP contribution in [-0.4, -0.2) is 23.7 Å². The molecule has 1 atom stereocenters. The van der Waals surface area contributed by atoms with Crippen molar-refractivity contribution >= 4 is 5.91 Å². The Hall–Kier alpha value is -1.49. The molecule has 0 saturated carbocycles. The zero-order valence-electron chi connectivity index (χ0n) is 8.84. The Morgan fingerprint density at radius 1 is 1.44 bits per heavy atom. The van der Waals surface area contributed by atoms with E-state index in [0.29, 0.717) is 0 Å². The van der Waals surface area contributed by atoms with Crippen LogP contribution in [0, 0.1) is 11.6 Å². The maximum absolute atomic E-state index is 13.1. The lowest BCUT2D eigenvalue weighted by atomic mass is 10.1. The van der Waals surface area contributed by atoms with Crippen molar-refractivity contribution < 1.29 is 18.7 Å². The van der Waals surface area contributed by atoms with E-state index in [-0.39, 0.29) is 18.5 Å². The second-order valence-electron chi connectivity index (χ2n) is 3.53. The van der Waals surface area contributed by atoms with Gasteiger partial charge in [0.15, 0.2) is 0 Å². The number of benzene rings is 1. The molecule has 0 heterocycles. The number of rotatable bonds is 4. The van der Waals surface area contributed by atoms with E-state index in [2.05, 4.69) is 5.32 Å². The van der Waals surface area contributed by atoms with Crippen LogP contribution in [0.5, 0.6) is 0 Å². The average molecular weight is 229 g/mol. The van der Waals surface area contributed by atoms with Crippen molar-refractivity contribution in [2.75, 3.05) is 6.54 Å². The van der Waals surface area contributed by atoms with Gasteiger partial charge in [-0.2, -0.15) is 0 Å². The molecule has 0 aromatic heterocycles. The molecule has 1 aromatic rings. The van der Waals surface area contributed by atoms with Crippen molar-refractivity contribution in [3.8, 4) is 0 Å². The SMILES string of the molecule is C[C@H](O)CNC(=O)Cc1c(F)cccc1F. The van der Waals surface area contributed by atoms with Crippen LogP contribution in [0.2, 0.25) is 0 Å². The minimum Gasteiger partial charge on any atom is -0.392 e. The smallest absolute Gasteiger partial charge is 0.224 e. The van der Waals surface area contributed by atoms with Gasteiger partial charge in [-0.3, -0.25) is 4.79 Å². The first kappa shape index (κ1) is 12.6. The summed E-state index contributed by atoms with van der Waals surface area (Å²) in [4.78, 5) is 11.3. The number of carbonyl (C=O) groups excluding carboxylic acids is 1. The van der Waals surface area contributed by atoms with Gasteiger partial charge in [0.05, 0.1) is 12.5 Å². The van der Waals surface area contributed by atoms with Gasteiger partial charge in [0.2, 0.25) is 5.91 Å². The third kappa shape index (κ3) is 3.58. The quantitative estimate of drug-likeness (QED) is 0.809. The molecule has 0 aliphatic rings. The maximum Gasteiger partial charge on any atom is 0.224 e. The fourth-order valence-electron chi connectivity index (χ4n) is 1.19. The standard InChI is InChI=1S/C11H13F2NO2/c1-7(15)6-14-11(16)5-8-9(12)3-2-4-10(8)13/h2-4,7,15H,5-6H2,1H3,(H,14,16)/t7-/m0/s1. The first-order valence-corrected chi connectivity index (χ1v) is 4.88. The van der Waals surface area contributed by atoms with Crippen molar-refractivity contribution in [1.29, 1.82) is 0 Å². The summed E-state index contributed by atoms with van der Waals surface area (Å²) in [5, 5.41) is 11.3. The van der Waals surface area contributed by atoms with Crippen LogP contribution < -0.4 is 5.32 Å². The molecule has 0 unspecified atom stereocenters. The minimum absolute atomic E-state index is 0.0644. The van der Waals surface area contributed by atoms with Crippen LogP contribution in [0.4, 0.5) is 8.78 Å². The Labute approximate surface area is 92.1 Å². The van der Waals surface area contributed by atoms with Crippen LogP contribution in [0.3, 0.4) is 0 Å². The number of amides is 1. The molecule has 0 radical (unpaired) electrons. The molecule has 1 aromatic carbocycles. The normalized spacial score (nSPS) is 12.2. The number of carbonyl (C=O) groups is 1. The fraction of sp³-hybridized carbons (Fsp3) is 0.364. The molecule has 0 spiro atoms. The van der Waals surface area contributed by atoms with E-state index in [1.165, 1.54) is 13.0 Å². The predicted octanol–water partition coefficient (Wildman–Crippen LogP) is 1.00. The predicted molar refractivity (Wildman–Crippen MR) is 54.8 cm³/mol. The van der Waals surface area contributed by atoms with Crippen molar-refractivity contribution in [3.63, 3.8) is 0 Å². The van der Waals surface area contributed by atoms with E-state index in [4.69, 9.17) is 5.11 Å². The summed E-state index contributed by atoms with van der Waals surface area (Å²) >= 11 is 0. The first-order valence-electron chi connectivity index (χ1n) is 4.88. The third-order valence-corrected chi connectivity index (χ3v) is 1.99. The van der Waals surface area contributed by atoms with Crippen LogP contribution in [0.15, 0.2) is 18.2 Å². The topological polar surface area (TPSA) is 49.3 Å². The third-order valence-electron chi connectivity index (χ3n) is 1.99. The second-order valence-corrected chi connectivity index (χ2v) is 3.53. The van der Waals surface area contributed by atoms with Gasteiger partial charge in [0, 0.05) is 12.1 Å². The maximum atomic E-state index is 13.1.